The maximum atomic E-state index is 12.6. The first-order valence-corrected chi connectivity index (χ1v) is 9.81. The van der Waals surface area contributed by atoms with Crippen molar-refractivity contribution in [1.29, 1.82) is 0 Å². The van der Waals surface area contributed by atoms with E-state index in [1.165, 1.54) is 0 Å². The highest BCUT2D eigenvalue weighted by Gasteiger charge is 2.36. The van der Waals surface area contributed by atoms with Crippen LogP contribution in [0, 0.1) is 13.8 Å². The Labute approximate surface area is 177 Å². The monoisotopic (exact) mass is 428 g/mol. The number of fused-ring (bicyclic) bond motifs is 1. The van der Waals surface area contributed by atoms with Crippen LogP contribution in [0.1, 0.15) is 23.7 Å². The van der Waals surface area contributed by atoms with E-state index in [1.54, 1.807) is 22.9 Å². The first kappa shape index (κ1) is 19.5. The second-order valence-electron chi connectivity index (χ2n) is 7.00. The summed E-state index contributed by atoms with van der Waals surface area (Å²) in [6.45, 7) is 3.77. The van der Waals surface area contributed by atoms with Gasteiger partial charge >= 0.3 is 0 Å². The third kappa shape index (κ3) is 3.73. The molecular formula is C21H18Cl2N4O2. The Hall–Kier alpha value is -2.83. The molecule has 29 heavy (non-hydrogen) atoms. The van der Waals surface area contributed by atoms with Gasteiger partial charge in [-0.05, 0) is 49.2 Å². The first-order chi connectivity index (χ1) is 13.8. The average Bonchev–Trinajstić information content (AvgIpc) is 3.11. The van der Waals surface area contributed by atoms with Gasteiger partial charge < -0.3 is 10.6 Å². The molecule has 1 aliphatic rings. The van der Waals surface area contributed by atoms with E-state index in [1.807, 2.05) is 38.1 Å². The molecule has 6 nitrogen and oxygen atoms in total. The molecule has 2 aromatic carbocycles. The number of nitrogens with zero attached hydrogens (tertiary/aromatic N) is 2. The van der Waals surface area contributed by atoms with Gasteiger partial charge in [0, 0.05) is 10.6 Å². The van der Waals surface area contributed by atoms with E-state index >= 15 is 0 Å². The maximum absolute atomic E-state index is 12.6. The van der Waals surface area contributed by atoms with Crippen molar-refractivity contribution < 1.29 is 9.59 Å². The number of halogens is 2. The summed E-state index contributed by atoms with van der Waals surface area (Å²) in [6.07, 6.45) is -0.0564. The number of aromatic nitrogens is 2. The number of rotatable bonds is 4. The fourth-order valence-corrected chi connectivity index (χ4v) is 3.94. The zero-order chi connectivity index (χ0) is 20.7. The minimum atomic E-state index is -0.735. The second-order valence-corrected chi connectivity index (χ2v) is 7.85. The van der Waals surface area contributed by atoms with Crippen molar-refractivity contribution in [2.24, 2.45) is 0 Å². The number of carbonyl (C=O) groups is 2. The smallest absolute Gasteiger partial charge is 0.251 e. The van der Waals surface area contributed by atoms with E-state index in [9.17, 15) is 9.59 Å². The SMILES string of the molecule is Cc1ccc(NC(=O)CC2C(=O)Nc3c(-c4cccc(Cl)c4)c(C)nn32)c(Cl)c1. The predicted molar refractivity (Wildman–Crippen MR) is 115 cm³/mol. The van der Waals surface area contributed by atoms with Gasteiger partial charge in [-0.25, -0.2) is 4.68 Å². The number of anilines is 2. The second kappa shape index (κ2) is 7.54. The van der Waals surface area contributed by atoms with E-state index < -0.39 is 6.04 Å². The van der Waals surface area contributed by atoms with Gasteiger partial charge in [-0.2, -0.15) is 5.10 Å². The Balaban J connectivity index is 1.59. The van der Waals surface area contributed by atoms with Crippen LogP contribution in [0.3, 0.4) is 0 Å². The molecule has 1 unspecified atom stereocenters. The van der Waals surface area contributed by atoms with Gasteiger partial charge in [-0.3, -0.25) is 9.59 Å². The molecule has 8 heteroatoms. The molecule has 4 rings (SSSR count). The van der Waals surface area contributed by atoms with Gasteiger partial charge in [0.05, 0.1) is 22.8 Å². The molecule has 148 valence electrons. The molecule has 0 radical (unpaired) electrons. The number of amides is 2. The maximum Gasteiger partial charge on any atom is 0.251 e. The molecule has 0 saturated heterocycles. The van der Waals surface area contributed by atoms with Gasteiger partial charge in [-0.15, -0.1) is 0 Å². The third-order valence-electron chi connectivity index (χ3n) is 4.82. The van der Waals surface area contributed by atoms with Crippen LogP contribution in [-0.2, 0) is 9.59 Å². The normalized spacial score (nSPS) is 15.2. The van der Waals surface area contributed by atoms with Gasteiger partial charge in [0.15, 0.2) is 0 Å². The number of benzene rings is 2. The number of nitrogens with one attached hydrogen (secondary N) is 2. The zero-order valence-corrected chi connectivity index (χ0v) is 17.3. The van der Waals surface area contributed by atoms with E-state index in [2.05, 4.69) is 15.7 Å². The summed E-state index contributed by atoms with van der Waals surface area (Å²) in [7, 11) is 0. The highest BCUT2D eigenvalue weighted by molar-refractivity contribution is 6.33. The Morgan fingerprint density at radius 1 is 1.21 bits per heavy atom. The lowest BCUT2D eigenvalue weighted by Crippen LogP contribution is -2.24. The summed E-state index contributed by atoms with van der Waals surface area (Å²) in [5, 5.41) is 11.2. The van der Waals surface area contributed by atoms with Crippen molar-refractivity contribution in [3.05, 3.63) is 63.8 Å². The van der Waals surface area contributed by atoms with Gasteiger partial charge in [-0.1, -0.05) is 41.4 Å². The third-order valence-corrected chi connectivity index (χ3v) is 5.36. The standard InChI is InChI=1S/C21H18Cl2N4O2/c1-11-6-7-16(15(23)8-11)24-18(28)10-17-21(29)25-20-19(12(2)26-27(17)20)13-4-3-5-14(22)9-13/h3-9,17H,10H2,1-2H3,(H,24,28)(H,25,29). The molecule has 1 aliphatic heterocycles. The van der Waals surface area contributed by atoms with Crippen LogP contribution in [0.25, 0.3) is 11.1 Å². The minimum absolute atomic E-state index is 0.0564. The van der Waals surface area contributed by atoms with Crippen molar-refractivity contribution in [3.8, 4) is 11.1 Å². The van der Waals surface area contributed by atoms with Crippen LogP contribution in [0.4, 0.5) is 11.5 Å². The van der Waals surface area contributed by atoms with E-state index in [0.717, 1.165) is 22.4 Å². The van der Waals surface area contributed by atoms with Crippen LogP contribution in [0.5, 0.6) is 0 Å². The largest absolute Gasteiger partial charge is 0.325 e. The fourth-order valence-electron chi connectivity index (χ4n) is 3.47. The molecule has 0 bridgehead atoms. The topological polar surface area (TPSA) is 76.0 Å². The Morgan fingerprint density at radius 2 is 2.00 bits per heavy atom. The zero-order valence-electron chi connectivity index (χ0n) is 15.8. The molecule has 2 N–H and O–H groups in total. The van der Waals surface area contributed by atoms with Crippen LogP contribution in [0.15, 0.2) is 42.5 Å². The number of aryl methyl sites for hydroxylation is 2. The molecule has 1 aromatic heterocycles. The predicted octanol–water partition coefficient (Wildman–Crippen LogP) is 5.00. The number of hydrogen-bond donors (Lipinski definition) is 2. The molecular weight excluding hydrogens is 411 g/mol. The van der Waals surface area contributed by atoms with Gasteiger partial charge in [0.1, 0.15) is 11.9 Å². The van der Waals surface area contributed by atoms with Crippen LogP contribution in [0.2, 0.25) is 10.0 Å². The molecule has 3 aromatic rings. The number of hydrogen-bond acceptors (Lipinski definition) is 3. The quantitative estimate of drug-likeness (QED) is 0.613. The van der Waals surface area contributed by atoms with E-state index in [0.29, 0.717) is 21.6 Å². The number of carbonyl (C=O) groups excluding carboxylic acids is 2. The molecule has 0 spiro atoms. The van der Waals surface area contributed by atoms with Crippen molar-refractivity contribution in [2.75, 3.05) is 10.6 Å². The lowest BCUT2D eigenvalue weighted by Gasteiger charge is -2.11. The molecule has 0 fully saturated rings. The molecule has 2 heterocycles. The van der Waals surface area contributed by atoms with Gasteiger partial charge in [0.25, 0.3) is 5.91 Å². The summed E-state index contributed by atoms with van der Waals surface area (Å²) in [6, 6.07) is 12.0. The summed E-state index contributed by atoms with van der Waals surface area (Å²) in [4.78, 5) is 25.1. The fraction of sp³-hybridized carbons (Fsp3) is 0.190. The van der Waals surface area contributed by atoms with Gasteiger partial charge in [0.2, 0.25) is 5.91 Å². The summed E-state index contributed by atoms with van der Waals surface area (Å²) >= 11 is 12.3. The lowest BCUT2D eigenvalue weighted by atomic mass is 10.1. The van der Waals surface area contributed by atoms with Crippen molar-refractivity contribution in [2.45, 2.75) is 26.3 Å². The molecule has 0 aliphatic carbocycles. The highest BCUT2D eigenvalue weighted by atomic mass is 35.5. The Morgan fingerprint density at radius 3 is 2.72 bits per heavy atom. The van der Waals surface area contributed by atoms with Crippen molar-refractivity contribution in [1.82, 2.24) is 9.78 Å². The summed E-state index contributed by atoms with van der Waals surface area (Å²) in [5.41, 5.74) is 3.90. The van der Waals surface area contributed by atoms with Crippen molar-refractivity contribution >= 4 is 46.5 Å². The Bertz CT molecular complexity index is 1140. The molecule has 2 amide bonds. The minimum Gasteiger partial charge on any atom is -0.325 e. The van der Waals surface area contributed by atoms with Crippen LogP contribution in [-0.4, -0.2) is 21.6 Å². The summed E-state index contributed by atoms with van der Waals surface area (Å²) < 4.78 is 1.57. The van der Waals surface area contributed by atoms with E-state index in [4.69, 9.17) is 23.2 Å². The van der Waals surface area contributed by atoms with E-state index in [-0.39, 0.29) is 18.2 Å². The molecule has 0 saturated carbocycles. The first-order valence-electron chi connectivity index (χ1n) is 9.05. The molecule has 1 atom stereocenters. The Kier molecular flexibility index (Phi) is 5.06. The van der Waals surface area contributed by atoms with Crippen LogP contribution >= 0.6 is 23.2 Å². The summed E-state index contributed by atoms with van der Waals surface area (Å²) in [5.74, 6) is -0.0249. The van der Waals surface area contributed by atoms with Crippen LogP contribution < -0.4 is 10.6 Å². The highest BCUT2D eigenvalue weighted by Crippen LogP contribution is 2.39. The van der Waals surface area contributed by atoms with Crippen molar-refractivity contribution in [3.63, 3.8) is 0 Å². The average molecular weight is 429 g/mol. The lowest BCUT2D eigenvalue weighted by molar-refractivity contribution is -0.123.